The smallest absolute Gasteiger partial charge is 0.289 e. The summed E-state index contributed by atoms with van der Waals surface area (Å²) in [6.07, 6.45) is 3.03. The van der Waals surface area contributed by atoms with Gasteiger partial charge in [0.1, 0.15) is 18.5 Å². The van der Waals surface area contributed by atoms with Gasteiger partial charge in [-0.25, -0.2) is 4.98 Å². The summed E-state index contributed by atoms with van der Waals surface area (Å²) in [7, 11) is 0. The minimum atomic E-state index is -0.168. The topological polar surface area (TPSA) is 67.5 Å². The maximum atomic E-state index is 12.3. The summed E-state index contributed by atoms with van der Waals surface area (Å²) in [6, 6.07) is 5.52. The molecule has 122 valence electrons. The summed E-state index contributed by atoms with van der Waals surface area (Å²) in [5, 5.41) is 0.710. The van der Waals surface area contributed by atoms with E-state index in [0.29, 0.717) is 37.2 Å². The van der Waals surface area contributed by atoms with Crippen molar-refractivity contribution < 1.29 is 14.3 Å². The van der Waals surface area contributed by atoms with E-state index in [9.17, 15) is 4.79 Å². The average molecular weight is 336 g/mol. The molecule has 1 atom stereocenters. The highest BCUT2D eigenvalue weighted by molar-refractivity contribution is 6.31. The molecule has 0 aliphatic carbocycles. The number of benzene rings is 1. The summed E-state index contributed by atoms with van der Waals surface area (Å²) in [5.41, 5.74) is 0.961. The number of hydrogen-bond donors (Lipinski definition) is 1. The normalized spacial score (nSPS) is 18.0. The lowest BCUT2D eigenvalue weighted by molar-refractivity contribution is -0.0404. The first-order chi connectivity index (χ1) is 11.1. The van der Waals surface area contributed by atoms with E-state index >= 15 is 0 Å². The van der Waals surface area contributed by atoms with Crippen LogP contribution in [0, 0.1) is 6.92 Å². The molecule has 7 heteroatoms. The van der Waals surface area contributed by atoms with E-state index in [2.05, 4.69) is 9.97 Å². The van der Waals surface area contributed by atoms with Crippen LogP contribution in [0.5, 0.6) is 5.75 Å². The molecule has 1 aliphatic rings. The van der Waals surface area contributed by atoms with Crippen molar-refractivity contribution in [3.05, 3.63) is 47.0 Å². The monoisotopic (exact) mass is 335 g/mol. The first-order valence-corrected chi connectivity index (χ1v) is 7.80. The molecule has 1 aromatic heterocycles. The number of rotatable bonds is 4. The van der Waals surface area contributed by atoms with Crippen LogP contribution in [0.25, 0.3) is 0 Å². The van der Waals surface area contributed by atoms with Gasteiger partial charge < -0.3 is 19.4 Å². The van der Waals surface area contributed by atoms with E-state index in [4.69, 9.17) is 21.1 Å². The number of H-pyrrole nitrogens is 1. The van der Waals surface area contributed by atoms with Crippen molar-refractivity contribution in [2.75, 3.05) is 26.3 Å². The molecule has 6 nitrogen and oxygen atoms in total. The van der Waals surface area contributed by atoms with Crippen LogP contribution < -0.4 is 4.74 Å². The number of nitrogens with zero attached hydrogens (tertiary/aromatic N) is 2. The molecule has 1 aliphatic heterocycles. The van der Waals surface area contributed by atoms with E-state index < -0.39 is 0 Å². The summed E-state index contributed by atoms with van der Waals surface area (Å²) in [4.78, 5) is 20.8. The summed E-state index contributed by atoms with van der Waals surface area (Å²) in [5.74, 6) is 0.968. The number of ether oxygens (including phenoxy) is 2. The second kappa shape index (κ2) is 7.02. The molecular weight excluding hydrogens is 318 g/mol. The second-order valence-corrected chi connectivity index (χ2v) is 5.81. The Morgan fingerprint density at radius 1 is 1.57 bits per heavy atom. The zero-order chi connectivity index (χ0) is 16.2. The quantitative estimate of drug-likeness (QED) is 0.931. The van der Waals surface area contributed by atoms with Gasteiger partial charge in [-0.1, -0.05) is 11.6 Å². The van der Waals surface area contributed by atoms with Gasteiger partial charge in [-0.15, -0.1) is 0 Å². The second-order valence-electron chi connectivity index (χ2n) is 5.40. The number of imidazole rings is 1. The van der Waals surface area contributed by atoms with Crippen LogP contribution in [0.2, 0.25) is 5.02 Å². The molecule has 3 rings (SSSR count). The zero-order valence-electron chi connectivity index (χ0n) is 12.8. The Bertz CT molecular complexity index is 675. The van der Waals surface area contributed by atoms with Crippen LogP contribution >= 0.6 is 11.6 Å². The molecular formula is C16H18ClN3O3. The van der Waals surface area contributed by atoms with Crippen LogP contribution in [0.15, 0.2) is 30.6 Å². The highest BCUT2D eigenvalue weighted by Gasteiger charge is 2.26. The van der Waals surface area contributed by atoms with Crippen molar-refractivity contribution >= 4 is 17.5 Å². The van der Waals surface area contributed by atoms with Gasteiger partial charge in [0, 0.05) is 24.0 Å². The van der Waals surface area contributed by atoms with E-state index in [0.717, 1.165) is 11.3 Å². The number of amides is 1. The molecule has 2 heterocycles. The number of carbonyl (C=O) groups is 1. The highest BCUT2D eigenvalue weighted by Crippen LogP contribution is 2.21. The van der Waals surface area contributed by atoms with Gasteiger partial charge >= 0.3 is 0 Å². The summed E-state index contributed by atoms with van der Waals surface area (Å²) in [6.45, 7) is 3.82. The fraction of sp³-hybridized carbons (Fsp3) is 0.375. The Balaban J connectivity index is 1.56. The first kappa shape index (κ1) is 15.8. The molecule has 1 N–H and O–H groups in total. The lowest BCUT2D eigenvalue weighted by Gasteiger charge is -2.32. The number of hydrogen-bond acceptors (Lipinski definition) is 4. The van der Waals surface area contributed by atoms with Crippen molar-refractivity contribution in [3.8, 4) is 5.75 Å². The SMILES string of the molecule is Cc1cc(OCC2CN(C(=O)c3ncc[nH]3)CCO2)ccc1Cl. The summed E-state index contributed by atoms with van der Waals surface area (Å²) < 4.78 is 11.4. The Hall–Kier alpha value is -2.05. The van der Waals surface area contributed by atoms with Gasteiger partial charge in [-0.3, -0.25) is 4.79 Å². The third-order valence-electron chi connectivity index (χ3n) is 3.69. The van der Waals surface area contributed by atoms with Crippen LogP contribution in [0.4, 0.5) is 0 Å². The molecule has 1 unspecified atom stereocenters. The standard InChI is InChI=1S/C16H18ClN3O3/c1-11-8-12(2-3-14(11)17)23-10-13-9-20(6-7-22-13)16(21)15-18-4-5-19-15/h2-5,8,13H,6-7,9-10H2,1H3,(H,18,19). The van der Waals surface area contributed by atoms with Gasteiger partial charge in [-0.05, 0) is 30.7 Å². The Labute approximate surface area is 139 Å². The number of morpholine rings is 1. The Kier molecular flexibility index (Phi) is 4.83. The molecule has 0 saturated carbocycles. The largest absolute Gasteiger partial charge is 0.491 e. The molecule has 1 amide bonds. The van der Waals surface area contributed by atoms with Gasteiger partial charge in [0.2, 0.25) is 0 Å². The third kappa shape index (κ3) is 3.83. The molecule has 0 radical (unpaired) electrons. The maximum absolute atomic E-state index is 12.3. The fourth-order valence-corrected chi connectivity index (χ4v) is 2.55. The van der Waals surface area contributed by atoms with Gasteiger partial charge in [0.15, 0.2) is 5.82 Å². The van der Waals surface area contributed by atoms with E-state index in [1.807, 2.05) is 19.1 Å². The van der Waals surface area contributed by atoms with Crippen LogP contribution in [0.1, 0.15) is 16.2 Å². The molecule has 2 aromatic rings. The Morgan fingerprint density at radius 3 is 3.17 bits per heavy atom. The number of halogens is 1. The van der Waals surface area contributed by atoms with Crippen LogP contribution in [-0.2, 0) is 4.74 Å². The molecule has 23 heavy (non-hydrogen) atoms. The first-order valence-electron chi connectivity index (χ1n) is 7.42. The van der Waals surface area contributed by atoms with Crippen LogP contribution in [0.3, 0.4) is 0 Å². The van der Waals surface area contributed by atoms with E-state index in [1.165, 1.54) is 0 Å². The fourth-order valence-electron chi connectivity index (χ4n) is 2.43. The molecule has 0 spiro atoms. The van der Waals surface area contributed by atoms with E-state index in [1.54, 1.807) is 23.4 Å². The van der Waals surface area contributed by atoms with Gasteiger partial charge in [0.25, 0.3) is 5.91 Å². The molecule has 1 fully saturated rings. The number of carbonyl (C=O) groups excluding carboxylic acids is 1. The maximum Gasteiger partial charge on any atom is 0.289 e. The number of nitrogens with one attached hydrogen (secondary N) is 1. The highest BCUT2D eigenvalue weighted by atomic mass is 35.5. The van der Waals surface area contributed by atoms with Crippen molar-refractivity contribution in [1.29, 1.82) is 0 Å². The molecule has 1 saturated heterocycles. The number of aryl methyl sites for hydroxylation is 1. The van der Waals surface area contributed by atoms with Crippen molar-refractivity contribution in [3.63, 3.8) is 0 Å². The van der Waals surface area contributed by atoms with Crippen molar-refractivity contribution in [2.45, 2.75) is 13.0 Å². The minimum absolute atomic E-state index is 0.120. The Morgan fingerprint density at radius 2 is 2.43 bits per heavy atom. The lowest BCUT2D eigenvalue weighted by Crippen LogP contribution is -2.47. The van der Waals surface area contributed by atoms with Gasteiger partial charge in [-0.2, -0.15) is 0 Å². The van der Waals surface area contributed by atoms with E-state index in [-0.39, 0.29) is 12.0 Å². The predicted molar refractivity (Wildman–Crippen MR) is 85.9 cm³/mol. The number of aromatic nitrogens is 2. The van der Waals surface area contributed by atoms with Crippen molar-refractivity contribution in [2.24, 2.45) is 0 Å². The lowest BCUT2D eigenvalue weighted by atomic mass is 10.2. The molecule has 0 bridgehead atoms. The predicted octanol–water partition coefficient (Wildman–Crippen LogP) is 2.29. The average Bonchev–Trinajstić information content (AvgIpc) is 3.10. The van der Waals surface area contributed by atoms with Crippen LogP contribution in [-0.4, -0.2) is 53.2 Å². The number of aromatic amines is 1. The zero-order valence-corrected chi connectivity index (χ0v) is 13.5. The van der Waals surface area contributed by atoms with Crippen molar-refractivity contribution in [1.82, 2.24) is 14.9 Å². The minimum Gasteiger partial charge on any atom is -0.491 e. The summed E-state index contributed by atoms with van der Waals surface area (Å²) >= 11 is 6.00. The van der Waals surface area contributed by atoms with Gasteiger partial charge in [0.05, 0.1) is 13.2 Å². The molecule has 1 aromatic carbocycles. The third-order valence-corrected chi connectivity index (χ3v) is 4.12.